The van der Waals surface area contributed by atoms with Crippen molar-refractivity contribution in [3.8, 4) is 0 Å². The number of tetrazole rings is 1. The minimum absolute atomic E-state index is 0.488. The highest BCUT2D eigenvalue weighted by Gasteiger charge is 2.41. The molecule has 1 N–H and O–H groups in total. The van der Waals surface area contributed by atoms with Gasteiger partial charge in [-0.1, -0.05) is 20.8 Å². The number of nitrogens with one attached hydrogen (secondary N) is 1. The second-order valence-electron chi connectivity index (χ2n) is 5.63. The SMILES string of the molecule is CCC1(Cn2nnnc2CNCC(C)C)CC1. The monoisotopic (exact) mass is 237 g/mol. The van der Waals surface area contributed by atoms with Crippen molar-refractivity contribution < 1.29 is 0 Å². The molecular weight excluding hydrogens is 214 g/mol. The Morgan fingerprint density at radius 3 is 2.76 bits per heavy atom. The molecule has 1 saturated carbocycles. The summed E-state index contributed by atoms with van der Waals surface area (Å²) in [5.41, 5.74) is 0.488. The summed E-state index contributed by atoms with van der Waals surface area (Å²) < 4.78 is 1.98. The first-order valence-electron chi connectivity index (χ1n) is 6.61. The third kappa shape index (κ3) is 3.25. The molecule has 0 unspecified atom stereocenters. The maximum atomic E-state index is 4.10. The molecule has 1 aliphatic rings. The summed E-state index contributed by atoms with van der Waals surface area (Å²) in [7, 11) is 0. The smallest absolute Gasteiger partial charge is 0.165 e. The summed E-state index contributed by atoms with van der Waals surface area (Å²) in [6.45, 7) is 9.42. The maximum Gasteiger partial charge on any atom is 0.165 e. The fourth-order valence-corrected chi connectivity index (χ4v) is 2.06. The van der Waals surface area contributed by atoms with Crippen LogP contribution in [0, 0.1) is 11.3 Å². The van der Waals surface area contributed by atoms with E-state index in [9.17, 15) is 0 Å². The fourth-order valence-electron chi connectivity index (χ4n) is 2.06. The molecule has 0 aliphatic heterocycles. The zero-order valence-electron chi connectivity index (χ0n) is 11.1. The molecule has 1 aromatic heterocycles. The highest BCUT2D eigenvalue weighted by molar-refractivity contribution is 4.93. The van der Waals surface area contributed by atoms with Gasteiger partial charge in [0.25, 0.3) is 0 Å². The minimum atomic E-state index is 0.488. The van der Waals surface area contributed by atoms with E-state index in [4.69, 9.17) is 0 Å². The molecule has 1 heterocycles. The predicted octanol–water partition coefficient (Wildman–Crippen LogP) is 1.61. The van der Waals surface area contributed by atoms with Crippen molar-refractivity contribution in [3.05, 3.63) is 5.82 Å². The van der Waals surface area contributed by atoms with Crippen LogP contribution in [0.2, 0.25) is 0 Å². The van der Waals surface area contributed by atoms with E-state index < -0.39 is 0 Å². The first kappa shape index (κ1) is 12.5. The molecule has 5 heteroatoms. The molecule has 1 aromatic rings. The van der Waals surface area contributed by atoms with Gasteiger partial charge >= 0.3 is 0 Å². The normalized spacial score (nSPS) is 17.6. The van der Waals surface area contributed by atoms with E-state index in [1.165, 1.54) is 19.3 Å². The van der Waals surface area contributed by atoms with Crippen LogP contribution in [0.5, 0.6) is 0 Å². The molecule has 0 aromatic carbocycles. The third-order valence-corrected chi connectivity index (χ3v) is 3.63. The Hall–Kier alpha value is -0.970. The maximum absolute atomic E-state index is 4.10. The van der Waals surface area contributed by atoms with Crippen molar-refractivity contribution in [2.75, 3.05) is 6.54 Å². The molecule has 2 rings (SSSR count). The van der Waals surface area contributed by atoms with Crippen LogP contribution >= 0.6 is 0 Å². The summed E-state index contributed by atoms with van der Waals surface area (Å²) in [5, 5.41) is 15.4. The van der Waals surface area contributed by atoms with Crippen LogP contribution in [0.3, 0.4) is 0 Å². The molecule has 0 radical (unpaired) electrons. The zero-order valence-corrected chi connectivity index (χ0v) is 11.1. The van der Waals surface area contributed by atoms with Crippen LogP contribution in [0.4, 0.5) is 0 Å². The number of aromatic nitrogens is 4. The molecule has 1 fully saturated rings. The average molecular weight is 237 g/mol. The summed E-state index contributed by atoms with van der Waals surface area (Å²) in [6.07, 6.45) is 3.87. The van der Waals surface area contributed by atoms with Crippen LogP contribution < -0.4 is 5.32 Å². The Balaban J connectivity index is 1.88. The van der Waals surface area contributed by atoms with E-state index in [1.807, 2.05) is 4.68 Å². The van der Waals surface area contributed by atoms with E-state index in [1.54, 1.807) is 0 Å². The fraction of sp³-hybridized carbons (Fsp3) is 0.917. The predicted molar refractivity (Wildman–Crippen MR) is 66.3 cm³/mol. The van der Waals surface area contributed by atoms with Gasteiger partial charge < -0.3 is 5.32 Å². The van der Waals surface area contributed by atoms with Crippen molar-refractivity contribution in [1.82, 2.24) is 25.5 Å². The van der Waals surface area contributed by atoms with E-state index in [-0.39, 0.29) is 0 Å². The molecule has 5 nitrogen and oxygen atoms in total. The van der Waals surface area contributed by atoms with E-state index in [0.717, 1.165) is 25.5 Å². The van der Waals surface area contributed by atoms with Crippen LogP contribution in [-0.4, -0.2) is 26.8 Å². The Kier molecular flexibility index (Phi) is 3.76. The van der Waals surface area contributed by atoms with Crippen LogP contribution in [-0.2, 0) is 13.1 Å². The quantitative estimate of drug-likeness (QED) is 0.782. The molecule has 0 bridgehead atoms. The van der Waals surface area contributed by atoms with Gasteiger partial charge in [0.15, 0.2) is 5.82 Å². The Morgan fingerprint density at radius 2 is 2.18 bits per heavy atom. The second-order valence-corrected chi connectivity index (χ2v) is 5.63. The van der Waals surface area contributed by atoms with Gasteiger partial charge in [0.2, 0.25) is 0 Å². The largest absolute Gasteiger partial charge is 0.310 e. The van der Waals surface area contributed by atoms with Crippen molar-refractivity contribution in [3.63, 3.8) is 0 Å². The Labute approximate surface area is 103 Å². The van der Waals surface area contributed by atoms with Crippen molar-refractivity contribution >= 4 is 0 Å². The zero-order chi connectivity index (χ0) is 12.3. The van der Waals surface area contributed by atoms with Gasteiger partial charge in [0.1, 0.15) is 0 Å². The van der Waals surface area contributed by atoms with Gasteiger partial charge in [-0.2, -0.15) is 0 Å². The van der Waals surface area contributed by atoms with Crippen LogP contribution in [0.15, 0.2) is 0 Å². The van der Waals surface area contributed by atoms with Crippen molar-refractivity contribution in [2.45, 2.75) is 53.1 Å². The first-order valence-corrected chi connectivity index (χ1v) is 6.61. The average Bonchev–Trinajstić information content (AvgIpc) is 2.93. The Bertz CT molecular complexity index is 354. The summed E-state index contributed by atoms with van der Waals surface area (Å²) in [5.74, 6) is 1.62. The van der Waals surface area contributed by atoms with Crippen LogP contribution in [0.25, 0.3) is 0 Å². The summed E-state index contributed by atoms with van der Waals surface area (Å²) >= 11 is 0. The topological polar surface area (TPSA) is 55.6 Å². The van der Waals surface area contributed by atoms with Gasteiger partial charge in [-0.15, -0.1) is 5.10 Å². The summed E-state index contributed by atoms with van der Waals surface area (Å²) in [6, 6.07) is 0. The molecule has 0 amide bonds. The lowest BCUT2D eigenvalue weighted by Gasteiger charge is -2.13. The number of nitrogens with zero attached hydrogens (tertiary/aromatic N) is 4. The van der Waals surface area contributed by atoms with E-state index in [2.05, 4.69) is 41.6 Å². The number of hydrogen-bond donors (Lipinski definition) is 1. The van der Waals surface area contributed by atoms with Gasteiger partial charge in [0, 0.05) is 0 Å². The van der Waals surface area contributed by atoms with Crippen molar-refractivity contribution in [2.24, 2.45) is 11.3 Å². The van der Waals surface area contributed by atoms with Gasteiger partial charge in [0.05, 0.1) is 13.1 Å². The highest BCUT2D eigenvalue weighted by Crippen LogP contribution is 2.49. The molecular formula is C12H23N5. The van der Waals surface area contributed by atoms with E-state index >= 15 is 0 Å². The van der Waals surface area contributed by atoms with Crippen LogP contribution in [0.1, 0.15) is 45.9 Å². The molecule has 0 spiro atoms. The second kappa shape index (κ2) is 5.12. The first-order chi connectivity index (χ1) is 8.15. The molecule has 96 valence electrons. The number of hydrogen-bond acceptors (Lipinski definition) is 4. The molecule has 17 heavy (non-hydrogen) atoms. The minimum Gasteiger partial charge on any atom is -0.310 e. The highest BCUT2D eigenvalue weighted by atomic mass is 15.5. The van der Waals surface area contributed by atoms with Gasteiger partial charge in [-0.3, -0.25) is 0 Å². The summed E-state index contributed by atoms with van der Waals surface area (Å²) in [4.78, 5) is 0. The third-order valence-electron chi connectivity index (χ3n) is 3.63. The lowest BCUT2D eigenvalue weighted by molar-refractivity contribution is 0.368. The van der Waals surface area contributed by atoms with Crippen molar-refractivity contribution in [1.29, 1.82) is 0 Å². The standard InChI is InChI=1S/C12H23N5/c1-4-12(5-6-12)9-17-11(14-15-16-17)8-13-7-10(2)3/h10,13H,4-9H2,1-3H3. The Morgan fingerprint density at radius 1 is 1.41 bits per heavy atom. The number of rotatable bonds is 7. The lowest BCUT2D eigenvalue weighted by Crippen LogP contribution is -2.23. The van der Waals surface area contributed by atoms with Gasteiger partial charge in [-0.05, 0) is 47.6 Å². The van der Waals surface area contributed by atoms with E-state index in [0.29, 0.717) is 11.3 Å². The lowest BCUT2D eigenvalue weighted by atomic mass is 10.0. The molecule has 0 saturated heterocycles. The van der Waals surface area contributed by atoms with Gasteiger partial charge in [-0.25, -0.2) is 4.68 Å². The molecule has 0 atom stereocenters. The molecule has 1 aliphatic carbocycles.